The van der Waals surface area contributed by atoms with Crippen LogP contribution in [0.2, 0.25) is 0 Å². The Bertz CT molecular complexity index is 851. The van der Waals surface area contributed by atoms with Gasteiger partial charge >= 0.3 is 6.03 Å². The van der Waals surface area contributed by atoms with Crippen molar-refractivity contribution in [3.63, 3.8) is 0 Å². The van der Waals surface area contributed by atoms with E-state index in [1.54, 1.807) is 25.1 Å². The first kappa shape index (κ1) is 17.9. The van der Waals surface area contributed by atoms with E-state index in [0.717, 1.165) is 17.4 Å². The fourth-order valence-electron chi connectivity index (χ4n) is 2.15. The highest BCUT2D eigenvalue weighted by Crippen LogP contribution is 2.20. The van der Waals surface area contributed by atoms with Gasteiger partial charge in [0.05, 0.1) is 4.90 Å². The van der Waals surface area contributed by atoms with Crippen LogP contribution in [0.5, 0.6) is 0 Å². The number of halogens is 1. The smallest absolute Gasteiger partial charge is 0.319 e. The minimum atomic E-state index is -3.34. The molecule has 0 aliphatic carbocycles. The highest BCUT2D eigenvalue weighted by atomic mass is 32.2. The molecule has 0 saturated carbocycles. The summed E-state index contributed by atoms with van der Waals surface area (Å²) in [5.74, 6) is -0.315. The number of sulfone groups is 1. The standard InChI is InChI=1S/C17H19FN2O3S/c1-12-6-7-15(24(2,22)23)11-16(12)20-17(21)19-9-8-13-4-3-5-14(18)10-13/h3-7,10-11H,8-9H2,1-2H3,(H2,19,20,21). The van der Waals surface area contributed by atoms with Crippen LogP contribution in [0, 0.1) is 12.7 Å². The summed E-state index contributed by atoms with van der Waals surface area (Å²) in [6.45, 7) is 2.11. The zero-order valence-corrected chi connectivity index (χ0v) is 14.3. The van der Waals surface area contributed by atoms with Gasteiger partial charge in [0.1, 0.15) is 5.82 Å². The van der Waals surface area contributed by atoms with Crippen LogP contribution in [0.15, 0.2) is 47.4 Å². The van der Waals surface area contributed by atoms with Crippen LogP contribution in [-0.2, 0) is 16.3 Å². The number of urea groups is 1. The average Bonchev–Trinajstić information content (AvgIpc) is 2.48. The summed E-state index contributed by atoms with van der Waals surface area (Å²) in [4.78, 5) is 12.1. The van der Waals surface area contributed by atoms with E-state index in [9.17, 15) is 17.6 Å². The predicted octanol–water partition coefficient (Wildman–Crippen LogP) is 2.90. The molecule has 2 aromatic carbocycles. The lowest BCUT2D eigenvalue weighted by atomic mass is 10.1. The van der Waals surface area contributed by atoms with Gasteiger partial charge in [-0.2, -0.15) is 0 Å². The molecule has 0 spiro atoms. The van der Waals surface area contributed by atoms with E-state index in [1.807, 2.05) is 0 Å². The van der Waals surface area contributed by atoms with E-state index < -0.39 is 15.9 Å². The maximum absolute atomic E-state index is 13.1. The summed E-state index contributed by atoms with van der Waals surface area (Å²) >= 11 is 0. The predicted molar refractivity (Wildman–Crippen MR) is 91.4 cm³/mol. The molecule has 0 aromatic heterocycles. The lowest BCUT2D eigenvalue weighted by molar-refractivity contribution is 0.252. The van der Waals surface area contributed by atoms with Crippen LogP contribution < -0.4 is 10.6 Å². The Morgan fingerprint density at radius 2 is 1.92 bits per heavy atom. The van der Waals surface area contributed by atoms with Gasteiger partial charge in [0, 0.05) is 18.5 Å². The quantitative estimate of drug-likeness (QED) is 0.871. The van der Waals surface area contributed by atoms with Gasteiger partial charge in [-0.25, -0.2) is 17.6 Å². The van der Waals surface area contributed by atoms with Gasteiger partial charge in [-0.1, -0.05) is 18.2 Å². The van der Waals surface area contributed by atoms with E-state index in [1.165, 1.54) is 24.3 Å². The van der Waals surface area contributed by atoms with Crippen molar-refractivity contribution >= 4 is 21.6 Å². The largest absolute Gasteiger partial charge is 0.338 e. The number of rotatable bonds is 5. The van der Waals surface area contributed by atoms with Crippen LogP contribution >= 0.6 is 0 Å². The molecule has 0 unspecified atom stereocenters. The Kier molecular flexibility index (Phi) is 5.56. The van der Waals surface area contributed by atoms with Crippen LogP contribution in [0.3, 0.4) is 0 Å². The summed E-state index contributed by atoms with van der Waals surface area (Å²) in [5.41, 5.74) is 1.97. The van der Waals surface area contributed by atoms with Crippen molar-refractivity contribution in [3.05, 3.63) is 59.4 Å². The zero-order valence-electron chi connectivity index (χ0n) is 13.5. The second-order valence-corrected chi connectivity index (χ2v) is 7.53. The number of anilines is 1. The van der Waals surface area contributed by atoms with E-state index in [4.69, 9.17) is 0 Å². The Labute approximate surface area is 140 Å². The van der Waals surface area contributed by atoms with E-state index in [-0.39, 0.29) is 10.7 Å². The molecule has 2 N–H and O–H groups in total. The van der Waals surface area contributed by atoms with Crippen molar-refractivity contribution in [2.75, 3.05) is 18.1 Å². The number of hydrogen-bond donors (Lipinski definition) is 2. The maximum Gasteiger partial charge on any atom is 0.319 e. The number of aryl methyl sites for hydroxylation is 1. The number of benzene rings is 2. The minimum Gasteiger partial charge on any atom is -0.338 e. The van der Waals surface area contributed by atoms with Gasteiger partial charge in [0.15, 0.2) is 9.84 Å². The maximum atomic E-state index is 13.1. The highest BCUT2D eigenvalue weighted by Gasteiger charge is 2.11. The molecule has 2 rings (SSSR count). The van der Waals surface area contributed by atoms with Crippen molar-refractivity contribution in [2.45, 2.75) is 18.2 Å². The summed E-state index contributed by atoms with van der Waals surface area (Å²) in [6, 6.07) is 10.3. The lowest BCUT2D eigenvalue weighted by Gasteiger charge is -2.11. The Morgan fingerprint density at radius 1 is 1.17 bits per heavy atom. The fourth-order valence-corrected chi connectivity index (χ4v) is 2.79. The number of carbonyl (C=O) groups is 1. The number of amides is 2. The molecule has 2 amide bonds. The molecular formula is C17H19FN2O3S. The van der Waals surface area contributed by atoms with Gasteiger partial charge < -0.3 is 10.6 Å². The molecule has 0 aliphatic rings. The minimum absolute atomic E-state index is 0.142. The third kappa shape index (κ3) is 5.06. The van der Waals surface area contributed by atoms with Crippen molar-refractivity contribution < 1.29 is 17.6 Å². The van der Waals surface area contributed by atoms with Crippen LogP contribution in [0.4, 0.5) is 14.9 Å². The summed E-state index contributed by atoms with van der Waals surface area (Å²) in [7, 11) is -3.34. The van der Waals surface area contributed by atoms with Gasteiger partial charge in [-0.05, 0) is 48.7 Å². The highest BCUT2D eigenvalue weighted by molar-refractivity contribution is 7.90. The van der Waals surface area contributed by atoms with Crippen molar-refractivity contribution in [1.82, 2.24) is 5.32 Å². The van der Waals surface area contributed by atoms with Crippen LogP contribution in [0.25, 0.3) is 0 Å². The first-order valence-corrected chi connectivity index (χ1v) is 9.25. The van der Waals surface area contributed by atoms with Gasteiger partial charge in [-0.3, -0.25) is 0 Å². The first-order valence-electron chi connectivity index (χ1n) is 7.36. The second-order valence-electron chi connectivity index (χ2n) is 5.51. The van der Waals surface area contributed by atoms with Gasteiger partial charge in [0.25, 0.3) is 0 Å². The van der Waals surface area contributed by atoms with Crippen LogP contribution in [0.1, 0.15) is 11.1 Å². The van der Waals surface area contributed by atoms with Gasteiger partial charge in [-0.15, -0.1) is 0 Å². The van der Waals surface area contributed by atoms with E-state index >= 15 is 0 Å². The second kappa shape index (κ2) is 7.44. The van der Waals surface area contributed by atoms with E-state index in [2.05, 4.69) is 10.6 Å². The molecule has 0 bridgehead atoms. The molecule has 5 nitrogen and oxygen atoms in total. The van der Waals surface area contributed by atoms with E-state index in [0.29, 0.717) is 18.7 Å². The first-order chi connectivity index (χ1) is 11.3. The summed E-state index contributed by atoms with van der Waals surface area (Å²) in [5, 5.41) is 5.29. The number of carbonyl (C=O) groups excluding carboxylic acids is 1. The summed E-state index contributed by atoms with van der Waals surface area (Å²) in [6.07, 6.45) is 1.61. The lowest BCUT2D eigenvalue weighted by Crippen LogP contribution is -2.30. The normalized spacial score (nSPS) is 11.1. The number of nitrogens with one attached hydrogen (secondary N) is 2. The molecule has 0 radical (unpaired) electrons. The molecular weight excluding hydrogens is 331 g/mol. The molecule has 0 atom stereocenters. The van der Waals surface area contributed by atoms with Crippen molar-refractivity contribution in [2.24, 2.45) is 0 Å². The monoisotopic (exact) mass is 350 g/mol. The Balaban J connectivity index is 1.95. The third-order valence-electron chi connectivity index (χ3n) is 3.47. The number of hydrogen-bond acceptors (Lipinski definition) is 3. The molecule has 7 heteroatoms. The topological polar surface area (TPSA) is 75.3 Å². The third-order valence-corrected chi connectivity index (χ3v) is 4.58. The summed E-state index contributed by atoms with van der Waals surface area (Å²) < 4.78 is 36.2. The molecule has 2 aromatic rings. The Hall–Kier alpha value is -2.41. The zero-order chi connectivity index (χ0) is 17.7. The molecule has 0 heterocycles. The molecule has 24 heavy (non-hydrogen) atoms. The Morgan fingerprint density at radius 3 is 2.58 bits per heavy atom. The van der Waals surface area contributed by atoms with Crippen molar-refractivity contribution in [3.8, 4) is 0 Å². The molecule has 0 saturated heterocycles. The molecule has 128 valence electrons. The molecule has 0 aliphatic heterocycles. The SMILES string of the molecule is Cc1ccc(S(C)(=O)=O)cc1NC(=O)NCCc1cccc(F)c1. The fraction of sp³-hybridized carbons (Fsp3) is 0.235. The van der Waals surface area contributed by atoms with Crippen molar-refractivity contribution in [1.29, 1.82) is 0 Å². The molecule has 0 fully saturated rings. The average molecular weight is 350 g/mol. The van der Waals surface area contributed by atoms with Gasteiger partial charge in [0.2, 0.25) is 0 Å². The van der Waals surface area contributed by atoms with Crippen LogP contribution in [-0.4, -0.2) is 27.2 Å².